The van der Waals surface area contributed by atoms with Crippen molar-refractivity contribution in [1.29, 1.82) is 0 Å². The number of nitrogens with zero attached hydrogens (tertiary/aromatic N) is 8. The third kappa shape index (κ3) is 48.9. The van der Waals surface area contributed by atoms with Gasteiger partial charge in [-0.2, -0.15) is 0 Å². The SMILES string of the molecule is C[Si](C)(C)/N=C(/[N-][Si](C)(C)C)c1ccccc1.C[Si](C)(C)/N=C(/[N-][Si](C)(C)C)c1ccccc1.C[Si](C)(C)/N=C(/[N-][Si](C)(C)C)c1ccccc1.C[Si](C)(C)/N=C(/[N-][Si](C)(C)C)c1ccccc1.[C-]#CC.[C-]#CC.[Y+3].[Y+3]. The van der Waals surface area contributed by atoms with Crippen LogP contribution in [0.15, 0.2) is 140 Å². The molecule has 76 heavy (non-hydrogen) atoms. The van der Waals surface area contributed by atoms with Crippen LogP contribution in [0.2, 0.25) is 157 Å². The van der Waals surface area contributed by atoms with Gasteiger partial charge in [0.15, 0.2) is 0 Å². The summed E-state index contributed by atoms with van der Waals surface area (Å²) in [6.07, 6.45) is 11.9. The Balaban J connectivity index is -0.000000435. The van der Waals surface area contributed by atoms with Crippen LogP contribution in [0, 0.1) is 24.7 Å². The summed E-state index contributed by atoms with van der Waals surface area (Å²) in [6.45, 7) is 57.0. The minimum atomic E-state index is -1.49. The molecule has 0 N–H and O–H groups in total. The van der Waals surface area contributed by atoms with Gasteiger partial charge in [0.25, 0.3) is 0 Å². The molecule has 0 radical (unpaired) electrons. The second-order valence-corrected chi connectivity index (χ2v) is 62.0. The van der Waals surface area contributed by atoms with Crippen molar-refractivity contribution in [2.24, 2.45) is 18.6 Å². The van der Waals surface area contributed by atoms with E-state index < -0.39 is 65.9 Å². The zero-order chi connectivity index (χ0) is 57.8. The molecule has 0 spiro atoms. The molecule has 0 bridgehead atoms. The Morgan fingerprint density at radius 1 is 0.289 bits per heavy atom. The van der Waals surface area contributed by atoms with Gasteiger partial charge in [0, 0.05) is 65.9 Å². The van der Waals surface area contributed by atoms with Crippen LogP contribution in [0.4, 0.5) is 0 Å². The maximum atomic E-state index is 5.96. The molecule has 4 rings (SSSR count). The average molecular weight is 1310 g/mol. The Kier molecular flexibility index (Phi) is 39.8. The average Bonchev–Trinajstić information content (AvgIpc) is 3.21. The van der Waals surface area contributed by atoms with Crippen molar-refractivity contribution in [1.82, 2.24) is 0 Å². The first-order valence-electron chi connectivity index (χ1n) is 25.7. The van der Waals surface area contributed by atoms with E-state index in [9.17, 15) is 0 Å². The summed E-state index contributed by atoms with van der Waals surface area (Å²) in [5.74, 6) is 7.85. The predicted molar refractivity (Wildman–Crippen MR) is 358 cm³/mol. The van der Waals surface area contributed by atoms with E-state index in [1.165, 1.54) is 0 Å². The van der Waals surface area contributed by atoms with Crippen molar-refractivity contribution in [3.63, 3.8) is 0 Å². The van der Waals surface area contributed by atoms with Crippen LogP contribution in [-0.4, -0.2) is 89.2 Å². The van der Waals surface area contributed by atoms with Crippen molar-refractivity contribution in [3.8, 4) is 11.8 Å². The van der Waals surface area contributed by atoms with Gasteiger partial charge < -0.3 is 63.2 Å². The molecule has 0 aliphatic heterocycles. The van der Waals surface area contributed by atoms with E-state index in [0.29, 0.717) is 0 Å². The van der Waals surface area contributed by atoms with E-state index in [-0.39, 0.29) is 65.4 Å². The van der Waals surface area contributed by atoms with Gasteiger partial charge in [-0.25, -0.2) is 0 Å². The zero-order valence-corrected chi connectivity index (χ0v) is 66.0. The second kappa shape index (κ2) is 37.7. The minimum Gasteiger partial charge on any atom is -0.694 e. The first-order chi connectivity index (χ1) is 33.5. The standard InChI is InChI=1S/4C13H23N2Si2.2C3H3.2Y/c4*1-16(2,3)14-13(15-17(4,5)6)12-10-8-7-9-11-12;2*1-3-2;;/h4*7-11H,1-6H3;2*1H3;;/q6*-1;2*+3. The molecule has 0 aromatic heterocycles. The molecule has 0 amide bonds. The fourth-order valence-electron chi connectivity index (χ4n) is 5.51. The summed E-state index contributed by atoms with van der Waals surface area (Å²) in [5, 5.41) is 0. The third-order valence-electron chi connectivity index (χ3n) is 7.66. The van der Waals surface area contributed by atoms with Crippen LogP contribution >= 0.6 is 0 Å². The summed E-state index contributed by atoms with van der Waals surface area (Å²) in [7, 11) is -11.9. The summed E-state index contributed by atoms with van der Waals surface area (Å²) in [6, 6.07) is 41.3. The number of amidine groups is 4. The molecule has 0 saturated carbocycles. The summed E-state index contributed by atoms with van der Waals surface area (Å²) < 4.78 is 19.6. The fourth-order valence-corrected chi connectivity index (χ4v) is 12.4. The second-order valence-electron chi connectivity index (χ2n) is 25.5. The van der Waals surface area contributed by atoms with Gasteiger partial charge in [0.2, 0.25) is 0 Å². The Labute approximate surface area is 526 Å². The number of hydrogen-bond acceptors (Lipinski definition) is 4. The van der Waals surface area contributed by atoms with Crippen LogP contribution in [0.5, 0.6) is 0 Å². The molecular weight excluding hydrogens is 1210 g/mol. The number of rotatable bonds is 12. The van der Waals surface area contributed by atoms with Gasteiger partial charge in [-0.3, -0.25) is 0 Å². The zero-order valence-electron chi connectivity index (χ0n) is 52.3. The molecule has 4 aromatic rings. The van der Waals surface area contributed by atoms with Gasteiger partial charge in [-0.05, 0) is 36.1 Å². The quantitative estimate of drug-likeness (QED) is 0.0443. The maximum absolute atomic E-state index is 5.96. The van der Waals surface area contributed by atoms with Crippen molar-refractivity contribution >= 4 is 89.2 Å². The van der Waals surface area contributed by atoms with Crippen molar-refractivity contribution < 1.29 is 65.4 Å². The van der Waals surface area contributed by atoms with Crippen molar-refractivity contribution in [2.75, 3.05) is 0 Å². The molecule has 0 heterocycles. The van der Waals surface area contributed by atoms with Gasteiger partial charge in [-0.1, -0.05) is 302 Å². The normalized spacial score (nSPS) is 12.4. The molecule has 4 aromatic carbocycles. The third-order valence-corrected chi connectivity index (χ3v) is 14.7. The summed E-state index contributed by atoms with van der Waals surface area (Å²) in [4.78, 5) is 19.6. The molecular formula is C58H98N8Si8Y2. The largest absolute Gasteiger partial charge is 3.00 e. The molecule has 8 nitrogen and oxygen atoms in total. The van der Waals surface area contributed by atoms with Crippen LogP contribution in [-0.2, 0) is 65.4 Å². The number of benzene rings is 4. The smallest absolute Gasteiger partial charge is 0.694 e. The van der Waals surface area contributed by atoms with Crippen LogP contribution in [0.25, 0.3) is 19.9 Å². The fraction of sp³-hybridized carbons (Fsp3) is 0.448. The van der Waals surface area contributed by atoms with E-state index in [0.717, 1.165) is 45.6 Å². The van der Waals surface area contributed by atoms with E-state index in [2.05, 4.69) is 254 Å². The molecule has 0 aliphatic carbocycles. The first kappa shape index (κ1) is 80.3. The molecule has 408 valence electrons. The van der Waals surface area contributed by atoms with Crippen molar-refractivity contribution in [2.45, 2.75) is 171 Å². The summed E-state index contributed by atoms with van der Waals surface area (Å²) in [5.41, 5.74) is 4.60. The van der Waals surface area contributed by atoms with Crippen LogP contribution in [0.3, 0.4) is 0 Å². The van der Waals surface area contributed by atoms with E-state index >= 15 is 0 Å². The summed E-state index contributed by atoms with van der Waals surface area (Å²) >= 11 is 0. The first-order valence-corrected chi connectivity index (χ1v) is 53.3. The monoisotopic (exact) mass is 1310 g/mol. The Hall–Kier alpha value is -2.18. The molecule has 18 heteroatoms. The molecule has 0 saturated heterocycles. The predicted octanol–water partition coefficient (Wildman–Crippen LogP) is 19.1. The van der Waals surface area contributed by atoms with E-state index in [1.54, 1.807) is 13.8 Å². The molecule has 0 aliphatic rings. The van der Waals surface area contributed by atoms with Gasteiger partial charge in [0.1, 0.15) is 0 Å². The van der Waals surface area contributed by atoms with Crippen molar-refractivity contribution in [3.05, 3.63) is 176 Å². The minimum absolute atomic E-state index is 0. The Bertz CT molecular complexity index is 2060. The molecule has 0 unspecified atom stereocenters. The van der Waals surface area contributed by atoms with Gasteiger partial charge in [-0.15, -0.1) is 0 Å². The Morgan fingerprint density at radius 2 is 0.408 bits per heavy atom. The number of hydrogen-bond donors (Lipinski definition) is 0. The van der Waals surface area contributed by atoms with Crippen LogP contribution < -0.4 is 0 Å². The maximum Gasteiger partial charge on any atom is 3.00 e. The van der Waals surface area contributed by atoms with Gasteiger partial charge >= 0.3 is 65.4 Å². The van der Waals surface area contributed by atoms with E-state index in [1.807, 2.05) is 36.1 Å². The van der Waals surface area contributed by atoms with Gasteiger partial charge in [0.05, 0.1) is 0 Å². The van der Waals surface area contributed by atoms with Crippen LogP contribution in [0.1, 0.15) is 36.1 Å². The molecule has 0 fully saturated rings. The Morgan fingerprint density at radius 3 is 0.500 bits per heavy atom. The van der Waals surface area contributed by atoms with E-state index in [4.69, 9.17) is 51.4 Å². The molecule has 0 atom stereocenters. The topological polar surface area (TPSA) is 106 Å².